The van der Waals surface area contributed by atoms with Gasteiger partial charge in [-0.15, -0.1) is 0 Å². The first kappa shape index (κ1) is 20.2. The number of hydrogen-bond donors (Lipinski definition) is 2. The second-order valence-electron chi connectivity index (χ2n) is 9.11. The van der Waals surface area contributed by atoms with Gasteiger partial charge in [0.05, 0.1) is 11.8 Å². The molecule has 3 aromatic rings. The summed E-state index contributed by atoms with van der Waals surface area (Å²) in [5, 5.41) is 10.1. The Hall–Kier alpha value is -2.70. The highest BCUT2D eigenvalue weighted by molar-refractivity contribution is 5.79. The Morgan fingerprint density at radius 2 is 1.81 bits per heavy atom. The molecule has 162 valence electrons. The summed E-state index contributed by atoms with van der Waals surface area (Å²) in [5.74, 6) is 0.0526. The van der Waals surface area contributed by atoms with Crippen LogP contribution in [0, 0.1) is 5.92 Å². The van der Waals surface area contributed by atoms with Crippen LogP contribution in [0.15, 0.2) is 60.9 Å². The third-order valence-electron chi connectivity index (χ3n) is 7.33. The zero-order chi connectivity index (χ0) is 21.4. The second kappa shape index (κ2) is 8.09. The van der Waals surface area contributed by atoms with Crippen LogP contribution < -0.4 is 5.73 Å². The summed E-state index contributed by atoms with van der Waals surface area (Å²) in [7, 11) is 0. The lowest BCUT2D eigenvalue weighted by Crippen LogP contribution is -2.50. The van der Waals surface area contributed by atoms with Gasteiger partial charge in [-0.05, 0) is 49.8 Å². The molecule has 1 aliphatic carbocycles. The van der Waals surface area contributed by atoms with Crippen molar-refractivity contribution in [3.05, 3.63) is 72.2 Å². The molecule has 3 heterocycles. The summed E-state index contributed by atoms with van der Waals surface area (Å²) in [6.45, 7) is 1.39. The molecule has 1 amide bonds. The molecule has 0 spiro atoms. The van der Waals surface area contributed by atoms with Crippen LogP contribution in [0.5, 0.6) is 0 Å². The predicted octanol–water partition coefficient (Wildman–Crippen LogP) is 2.73. The van der Waals surface area contributed by atoms with Gasteiger partial charge in [-0.3, -0.25) is 4.79 Å². The maximum Gasteiger partial charge on any atom is 0.225 e. The molecule has 0 radical (unpaired) electrons. The largest absolute Gasteiger partial charge is 0.391 e. The van der Waals surface area contributed by atoms with Gasteiger partial charge >= 0.3 is 0 Å². The molecular weight excluding hydrogens is 388 g/mol. The molecule has 6 heteroatoms. The Morgan fingerprint density at radius 1 is 1.06 bits per heavy atom. The Bertz CT molecular complexity index is 1020. The molecule has 2 fully saturated rings. The summed E-state index contributed by atoms with van der Waals surface area (Å²) in [4.78, 5) is 20.2. The van der Waals surface area contributed by atoms with Gasteiger partial charge in [0.2, 0.25) is 5.91 Å². The third-order valence-corrected chi connectivity index (χ3v) is 7.33. The van der Waals surface area contributed by atoms with E-state index >= 15 is 0 Å². The zero-order valence-electron chi connectivity index (χ0n) is 17.7. The molecule has 5 rings (SSSR count). The van der Waals surface area contributed by atoms with Gasteiger partial charge in [0.1, 0.15) is 5.65 Å². The van der Waals surface area contributed by atoms with Crippen molar-refractivity contribution in [1.29, 1.82) is 0 Å². The van der Waals surface area contributed by atoms with Crippen LogP contribution >= 0.6 is 0 Å². The van der Waals surface area contributed by atoms with Crippen molar-refractivity contribution in [2.45, 2.75) is 49.7 Å². The van der Waals surface area contributed by atoms with Crippen molar-refractivity contribution >= 4 is 11.6 Å². The van der Waals surface area contributed by atoms with Gasteiger partial charge in [0.25, 0.3) is 0 Å². The number of carbonyl (C=O) groups excluding carboxylic acids is 1. The molecule has 1 saturated carbocycles. The molecular formula is C25H30N4O2. The monoisotopic (exact) mass is 418 g/mol. The SMILES string of the molecule is N[C@@H]1CC[C@H](C(=O)N2CCC(c3ccccc3)(c3cn4ccccc4n3)CC2)C[C@H]1O. The summed E-state index contributed by atoms with van der Waals surface area (Å²) in [5.41, 5.74) is 8.99. The second-order valence-corrected chi connectivity index (χ2v) is 9.11. The number of nitrogens with two attached hydrogens (primary N) is 1. The lowest BCUT2D eigenvalue weighted by atomic mass is 9.70. The van der Waals surface area contributed by atoms with Crippen LogP contribution in [0.25, 0.3) is 5.65 Å². The summed E-state index contributed by atoms with van der Waals surface area (Å²) in [6, 6.07) is 16.4. The van der Waals surface area contributed by atoms with E-state index in [1.54, 1.807) is 0 Å². The van der Waals surface area contributed by atoms with Gasteiger partial charge in [0.15, 0.2) is 0 Å². The third kappa shape index (κ3) is 3.64. The quantitative estimate of drug-likeness (QED) is 0.685. The van der Waals surface area contributed by atoms with E-state index in [1.165, 1.54) is 5.56 Å². The number of aliphatic hydroxyl groups excluding tert-OH is 1. The van der Waals surface area contributed by atoms with Gasteiger partial charge < -0.3 is 20.1 Å². The molecule has 6 nitrogen and oxygen atoms in total. The fourth-order valence-corrected chi connectivity index (χ4v) is 5.38. The smallest absolute Gasteiger partial charge is 0.225 e. The van der Waals surface area contributed by atoms with Gasteiger partial charge in [-0.2, -0.15) is 0 Å². The maximum atomic E-state index is 13.2. The number of carbonyl (C=O) groups is 1. The minimum absolute atomic E-state index is 0.116. The van der Waals surface area contributed by atoms with Crippen molar-refractivity contribution < 1.29 is 9.90 Å². The van der Waals surface area contributed by atoms with Crippen LogP contribution in [0.2, 0.25) is 0 Å². The molecule has 1 aliphatic heterocycles. The number of nitrogens with zero attached hydrogens (tertiary/aromatic N) is 3. The van der Waals surface area contributed by atoms with E-state index in [2.05, 4.69) is 34.9 Å². The zero-order valence-corrected chi connectivity index (χ0v) is 17.7. The minimum atomic E-state index is -0.575. The van der Waals surface area contributed by atoms with E-state index in [0.29, 0.717) is 25.9 Å². The number of piperidine rings is 1. The Balaban J connectivity index is 1.41. The highest BCUT2D eigenvalue weighted by atomic mass is 16.3. The molecule has 2 aromatic heterocycles. The highest BCUT2D eigenvalue weighted by Crippen LogP contribution is 2.42. The normalized spacial score (nSPS) is 26.1. The standard InChI is InChI=1S/C25H30N4O2/c26-20-10-9-18(16-21(20)30)24(31)28-14-11-25(12-15-28,19-6-2-1-3-7-19)22-17-29-13-5-4-8-23(29)27-22/h1-8,13,17-18,20-21,30H,9-12,14-16,26H2/t18-,20+,21+/m0/s1. The topological polar surface area (TPSA) is 83.9 Å². The number of benzene rings is 1. The van der Waals surface area contributed by atoms with Crippen LogP contribution in [-0.4, -0.2) is 50.5 Å². The number of fused-ring (bicyclic) bond motifs is 1. The first-order valence-corrected chi connectivity index (χ1v) is 11.3. The maximum absolute atomic E-state index is 13.2. The van der Waals surface area contributed by atoms with Crippen molar-refractivity contribution in [1.82, 2.24) is 14.3 Å². The summed E-state index contributed by atoms with van der Waals surface area (Å²) < 4.78 is 2.07. The number of likely N-dealkylation sites (tertiary alicyclic amines) is 1. The number of imidazole rings is 1. The van der Waals surface area contributed by atoms with Crippen LogP contribution in [-0.2, 0) is 10.2 Å². The number of pyridine rings is 1. The molecule has 1 saturated heterocycles. The summed E-state index contributed by atoms with van der Waals surface area (Å²) in [6.07, 6.45) is 7.22. The van der Waals surface area contributed by atoms with Gasteiger partial charge in [0, 0.05) is 42.9 Å². The number of rotatable bonds is 3. The van der Waals surface area contributed by atoms with Crippen LogP contribution in [0.3, 0.4) is 0 Å². The van der Waals surface area contributed by atoms with Gasteiger partial charge in [-0.25, -0.2) is 4.98 Å². The number of hydrogen-bond acceptors (Lipinski definition) is 4. The lowest BCUT2D eigenvalue weighted by Gasteiger charge is -2.43. The molecule has 0 unspecified atom stereocenters. The fourth-order valence-electron chi connectivity index (χ4n) is 5.38. The number of amides is 1. The average molecular weight is 419 g/mol. The van der Waals surface area contributed by atoms with E-state index in [9.17, 15) is 9.90 Å². The summed E-state index contributed by atoms with van der Waals surface area (Å²) >= 11 is 0. The van der Waals surface area contributed by atoms with E-state index in [4.69, 9.17) is 10.7 Å². The molecule has 2 aliphatic rings. The molecule has 3 atom stereocenters. The van der Waals surface area contributed by atoms with Crippen molar-refractivity contribution in [2.24, 2.45) is 11.7 Å². The first-order valence-electron chi connectivity index (χ1n) is 11.3. The minimum Gasteiger partial charge on any atom is -0.391 e. The van der Waals surface area contributed by atoms with E-state index in [0.717, 1.165) is 30.6 Å². The van der Waals surface area contributed by atoms with Crippen molar-refractivity contribution in [2.75, 3.05) is 13.1 Å². The molecule has 3 N–H and O–H groups in total. The highest BCUT2D eigenvalue weighted by Gasteiger charge is 2.42. The fraction of sp³-hybridized carbons (Fsp3) is 0.440. The van der Waals surface area contributed by atoms with E-state index < -0.39 is 6.10 Å². The molecule has 0 bridgehead atoms. The Morgan fingerprint density at radius 3 is 2.52 bits per heavy atom. The number of aromatic nitrogens is 2. The molecule has 31 heavy (non-hydrogen) atoms. The predicted molar refractivity (Wildman–Crippen MR) is 120 cm³/mol. The number of aliphatic hydroxyl groups is 1. The average Bonchev–Trinajstić information content (AvgIpc) is 3.26. The molecule has 1 aromatic carbocycles. The Kier molecular flexibility index (Phi) is 5.28. The first-order chi connectivity index (χ1) is 15.1. The van der Waals surface area contributed by atoms with Gasteiger partial charge in [-0.1, -0.05) is 36.4 Å². The Labute approximate surface area is 182 Å². The van der Waals surface area contributed by atoms with E-state index in [1.807, 2.05) is 35.4 Å². The van der Waals surface area contributed by atoms with Crippen LogP contribution in [0.1, 0.15) is 43.4 Å². The van der Waals surface area contributed by atoms with Crippen LogP contribution in [0.4, 0.5) is 0 Å². The lowest BCUT2D eigenvalue weighted by molar-refractivity contribution is -0.139. The van der Waals surface area contributed by atoms with Crippen molar-refractivity contribution in [3.8, 4) is 0 Å². The van der Waals surface area contributed by atoms with E-state index in [-0.39, 0.29) is 23.3 Å². The van der Waals surface area contributed by atoms with Crippen molar-refractivity contribution in [3.63, 3.8) is 0 Å².